The molecule has 234 valence electrons. The normalized spacial score (nSPS) is 14.9. The first kappa shape index (κ1) is 28.4. The average Bonchev–Trinajstić information content (AvgIpc) is 3.55. The Morgan fingerprint density at radius 2 is 0.940 bits per heavy atom. The van der Waals surface area contributed by atoms with Gasteiger partial charge in [0.2, 0.25) is 0 Å². The average molecular weight is 638 g/mol. The molecule has 10 rings (SSSR count). The molecule has 2 aromatic heterocycles. The van der Waals surface area contributed by atoms with Crippen molar-refractivity contribution in [2.75, 3.05) is 0 Å². The van der Waals surface area contributed by atoms with E-state index in [9.17, 15) is 0 Å². The van der Waals surface area contributed by atoms with Crippen molar-refractivity contribution in [2.24, 2.45) is 0 Å². The molecule has 0 saturated carbocycles. The number of rotatable bonds is 5. The third-order valence-electron chi connectivity index (χ3n) is 10.3. The standard InChI is InChI=1S/C47H31N3/c1-4-16-32(17-5-1)41-31-42(33-18-6-2-7-19-33)49-46(48-41)34-20-14-23-36(30-34)47(35-21-8-3-9-22-35)39-26-11-13-29-44(39)50-43-28-12-10-24-37(43)38-25-15-27-40(47)45(38)50/h1-31H. The Morgan fingerprint density at radius 1 is 0.400 bits per heavy atom. The molecule has 7 aromatic carbocycles. The molecule has 0 aliphatic carbocycles. The summed E-state index contributed by atoms with van der Waals surface area (Å²) in [6.45, 7) is 0. The fraction of sp³-hybridized carbons (Fsp3) is 0.0213. The van der Waals surface area contributed by atoms with E-state index in [0.29, 0.717) is 5.82 Å². The lowest BCUT2D eigenvalue weighted by atomic mass is 9.63. The zero-order valence-corrected chi connectivity index (χ0v) is 27.2. The first-order chi connectivity index (χ1) is 24.8. The van der Waals surface area contributed by atoms with Crippen molar-refractivity contribution in [2.45, 2.75) is 5.41 Å². The van der Waals surface area contributed by atoms with Crippen LogP contribution in [0.15, 0.2) is 188 Å². The highest BCUT2D eigenvalue weighted by atomic mass is 15.0. The van der Waals surface area contributed by atoms with Gasteiger partial charge in [0.05, 0.1) is 33.5 Å². The van der Waals surface area contributed by atoms with Crippen LogP contribution in [0.2, 0.25) is 0 Å². The highest BCUT2D eigenvalue weighted by molar-refractivity contribution is 6.12. The van der Waals surface area contributed by atoms with Crippen molar-refractivity contribution >= 4 is 21.8 Å². The molecule has 50 heavy (non-hydrogen) atoms. The summed E-state index contributed by atoms with van der Waals surface area (Å²) < 4.78 is 2.47. The fourth-order valence-electron chi connectivity index (χ4n) is 8.16. The molecule has 1 atom stereocenters. The van der Waals surface area contributed by atoms with E-state index in [-0.39, 0.29) is 0 Å². The Labute approximate surface area is 290 Å². The van der Waals surface area contributed by atoms with E-state index in [0.717, 1.165) is 28.1 Å². The predicted octanol–water partition coefficient (Wildman–Crippen LogP) is 11.3. The van der Waals surface area contributed by atoms with E-state index >= 15 is 0 Å². The molecular weight excluding hydrogens is 607 g/mol. The van der Waals surface area contributed by atoms with Crippen LogP contribution >= 0.6 is 0 Å². The van der Waals surface area contributed by atoms with Crippen LogP contribution in [0, 0.1) is 0 Å². The molecule has 0 amide bonds. The fourth-order valence-corrected chi connectivity index (χ4v) is 8.16. The van der Waals surface area contributed by atoms with E-state index in [1.165, 1.54) is 49.7 Å². The molecule has 1 unspecified atom stereocenters. The van der Waals surface area contributed by atoms with Crippen LogP contribution in [-0.2, 0) is 5.41 Å². The zero-order chi connectivity index (χ0) is 33.1. The second-order valence-electron chi connectivity index (χ2n) is 13.0. The van der Waals surface area contributed by atoms with Crippen LogP contribution < -0.4 is 0 Å². The minimum absolute atomic E-state index is 0.600. The molecule has 0 fully saturated rings. The minimum atomic E-state index is -0.600. The van der Waals surface area contributed by atoms with Crippen LogP contribution in [0.5, 0.6) is 0 Å². The summed E-state index contributed by atoms with van der Waals surface area (Å²) in [5, 5.41) is 2.52. The van der Waals surface area contributed by atoms with E-state index in [4.69, 9.17) is 9.97 Å². The molecule has 1 aliphatic rings. The number of para-hydroxylation sites is 3. The Bertz CT molecular complexity index is 2640. The van der Waals surface area contributed by atoms with Crippen molar-refractivity contribution in [1.29, 1.82) is 0 Å². The van der Waals surface area contributed by atoms with Crippen LogP contribution in [0.3, 0.4) is 0 Å². The predicted molar refractivity (Wildman–Crippen MR) is 205 cm³/mol. The highest BCUT2D eigenvalue weighted by Gasteiger charge is 2.45. The first-order valence-electron chi connectivity index (χ1n) is 17.1. The van der Waals surface area contributed by atoms with E-state index < -0.39 is 5.41 Å². The van der Waals surface area contributed by atoms with Gasteiger partial charge in [-0.1, -0.05) is 164 Å². The maximum absolute atomic E-state index is 5.21. The lowest BCUT2D eigenvalue weighted by Gasteiger charge is -2.41. The molecule has 0 saturated heterocycles. The van der Waals surface area contributed by atoms with Gasteiger partial charge in [-0.05, 0) is 46.5 Å². The van der Waals surface area contributed by atoms with E-state index in [2.05, 4.69) is 180 Å². The van der Waals surface area contributed by atoms with Crippen LogP contribution in [0.25, 0.3) is 61.4 Å². The number of hydrogen-bond donors (Lipinski definition) is 0. The third-order valence-corrected chi connectivity index (χ3v) is 10.3. The summed E-state index contributed by atoms with van der Waals surface area (Å²) in [5.41, 5.74) is 12.9. The molecule has 3 heterocycles. The van der Waals surface area contributed by atoms with Crippen LogP contribution in [0.4, 0.5) is 0 Å². The SMILES string of the molecule is c1ccc(-c2cc(-c3ccccc3)nc(-c3cccc(C4(c5ccccc5)c5ccccc5-n5c6ccccc6c6cccc4c65)c3)n2)cc1. The number of aromatic nitrogens is 3. The second kappa shape index (κ2) is 11.3. The van der Waals surface area contributed by atoms with Gasteiger partial charge < -0.3 is 4.57 Å². The van der Waals surface area contributed by atoms with Gasteiger partial charge in [-0.15, -0.1) is 0 Å². The number of benzene rings is 7. The van der Waals surface area contributed by atoms with Crippen LogP contribution in [0.1, 0.15) is 22.3 Å². The highest BCUT2D eigenvalue weighted by Crippen LogP contribution is 2.54. The largest absolute Gasteiger partial charge is 0.309 e. The quantitative estimate of drug-likeness (QED) is 0.188. The van der Waals surface area contributed by atoms with Crippen molar-refractivity contribution in [3.8, 4) is 39.6 Å². The van der Waals surface area contributed by atoms with Gasteiger partial charge in [0, 0.05) is 27.5 Å². The molecule has 9 aromatic rings. The Kier molecular flexibility index (Phi) is 6.40. The Hall–Kier alpha value is -6.58. The summed E-state index contributed by atoms with van der Waals surface area (Å²) >= 11 is 0. The molecular formula is C47H31N3. The summed E-state index contributed by atoms with van der Waals surface area (Å²) in [6, 6.07) is 67.3. The lowest BCUT2D eigenvalue weighted by molar-refractivity contribution is 0.728. The van der Waals surface area contributed by atoms with Gasteiger partial charge in [-0.3, -0.25) is 0 Å². The van der Waals surface area contributed by atoms with Gasteiger partial charge in [-0.25, -0.2) is 9.97 Å². The molecule has 0 radical (unpaired) electrons. The van der Waals surface area contributed by atoms with Crippen molar-refractivity contribution < 1.29 is 0 Å². The summed E-state index contributed by atoms with van der Waals surface area (Å²) in [6.07, 6.45) is 0. The molecule has 0 N–H and O–H groups in total. The topological polar surface area (TPSA) is 30.7 Å². The number of nitrogens with zero attached hydrogens (tertiary/aromatic N) is 3. The second-order valence-corrected chi connectivity index (χ2v) is 13.0. The number of hydrogen-bond acceptors (Lipinski definition) is 2. The van der Waals surface area contributed by atoms with Crippen molar-refractivity contribution in [3.05, 3.63) is 210 Å². The summed E-state index contributed by atoms with van der Waals surface area (Å²) in [4.78, 5) is 10.4. The van der Waals surface area contributed by atoms with Gasteiger partial charge >= 0.3 is 0 Å². The maximum atomic E-state index is 5.21. The van der Waals surface area contributed by atoms with E-state index in [1.807, 2.05) is 12.1 Å². The molecule has 3 heteroatoms. The van der Waals surface area contributed by atoms with Gasteiger partial charge in [-0.2, -0.15) is 0 Å². The minimum Gasteiger partial charge on any atom is -0.309 e. The van der Waals surface area contributed by atoms with Gasteiger partial charge in [0.25, 0.3) is 0 Å². The van der Waals surface area contributed by atoms with Crippen molar-refractivity contribution in [3.63, 3.8) is 0 Å². The molecule has 0 bridgehead atoms. The zero-order valence-electron chi connectivity index (χ0n) is 27.2. The molecule has 0 spiro atoms. The first-order valence-corrected chi connectivity index (χ1v) is 17.1. The van der Waals surface area contributed by atoms with Crippen LogP contribution in [-0.4, -0.2) is 14.5 Å². The Balaban J connectivity index is 1.28. The smallest absolute Gasteiger partial charge is 0.160 e. The van der Waals surface area contributed by atoms with Crippen molar-refractivity contribution in [1.82, 2.24) is 14.5 Å². The lowest BCUT2D eigenvalue weighted by Crippen LogP contribution is -2.35. The summed E-state index contributed by atoms with van der Waals surface area (Å²) in [5.74, 6) is 0.701. The number of fused-ring (bicyclic) bond motifs is 5. The van der Waals surface area contributed by atoms with Gasteiger partial charge in [0.15, 0.2) is 5.82 Å². The molecule has 1 aliphatic heterocycles. The monoisotopic (exact) mass is 637 g/mol. The third kappa shape index (κ3) is 4.17. The van der Waals surface area contributed by atoms with Gasteiger partial charge in [0.1, 0.15) is 0 Å². The van der Waals surface area contributed by atoms with E-state index in [1.54, 1.807) is 0 Å². The molecule has 3 nitrogen and oxygen atoms in total. The summed E-state index contributed by atoms with van der Waals surface area (Å²) in [7, 11) is 0. The maximum Gasteiger partial charge on any atom is 0.160 e. The Morgan fingerprint density at radius 3 is 1.68 bits per heavy atom.